The van der Waals surface area contributed by atoms with Crippen molar-refractivity contribution in [2.45, 2.75) is 39.5 Å². The van der Waals surface area contributed by atoms with Crippen LogP contribution in [0.3, 0.4) is 0 Å². The van der Waals surface area contributed by atoms with Gasteiger partial charge in [0.15, 0.2) is 0 Å². The molecule has 3 aromatic carbocycles. The Balaban J connectivity index is 1.56. The molecule has 0 aliphatic heterocycles. The van der Waals surface area contributed by atoms with Gasteiger partial charge < -0.3 is 15.5 Å². The molecule has 39 heavy (non-hydrogen) atoms. The summed E-state index contributed by atoms with van der Waals surface area (Å²) >= 11 is 6.47. The smallest absolute Gasteiger partial charge is 0.315 e. The fourth-order valence-corrected chi connectivity index (χ4v) is 4.22. The number of nitrogens with zero attached hydrogens (tertiary/aromatic N) is 3. The van der Waals surface area contributed by atoms with Crippen LogP contribution in [0.4, 0.5) is 16.3 Å². The summed E-state index contributed by atoms with van der Waals surface area (Å²) in [5.41, 5.74) is 4.05. The predicted molar refractivity (Wildman–Crippen MR) is 158 cm³/mol. The van der Waals surface area contributed by atoms with E-state index in [4.69, 9.17) is 16.7 Å². The first kappa shape index (κ1) is 27.9. The van der Waals surface area contributed by atoms with Gasteiger partial charge in [-0.05, 0) is 43.2 Å². The Hall–Kier alpha value is -4.10. The van der Waals surface area contributed by atoms with Crippen molar-refractivity contribution in [1.29, 1.82) is 0 Å². The molecule has 8 heteroatoms. The Bertz CT molecular complexity index is 1430. The van der Waals surface area contributed by atoms with Crippen LogP contribution in [-0.4, -0.2) is 39.7 Å². The second kappa shape index (κ2) is 12.2. The Morgan fingerprint density at radius 3 is 2.26 bits per heavy atom. The molecule has 1 aromatic heterocycles. The second-order valence-electron chi connectivity index (χ2n) is 10.5. The van der Waals surface area contributed by atoms with Gasteiger partial charge in [0.25, 0.3) is 0 Å². The van der Waals surface area contributed by atoms with E-state index < -0.39 is 0 Å². The number of anilines is 2. The van der Waals surface area contributed by atoms with Gasteiger partial charge in [0.1, 0.15) is 12.4 Å². The number of para-hydroxylation sites is 1. The van der Waals surface area contributed by atoms with Crippen LogP contribution in [0.25, 0.3) is 5.69 Å². The summed E-state index contributed by atoms with van der Waals surface area (Å²) in [5.74, 6) is 0.149. The van der Waals surface area contributed by atoms with E-state index in [-0.39, 0.29) is 23.9 Å². The summed E-state index contributed by atoms with van der Waals surface area (Å²) < 4.78 is 1.64. The van der Waals surface area contributed by atoms with E-state index in [2.05, 4.69) is 31.4 Å². The summed E-state index contributed by atoms with van der Waals surface area (Å²) in [4.78, 5) is 28.1. The van der Waals surface area contributed by atoms with Crippen LogP contribution in [0.5, 0.6) is 0 Å². The number of amides is 3. The zero-order chi connectivity index (χ0) is 28.0. The summed E-state index contributed by atoms with van der Waals surface area (Å²) in [6, 6.07) is 26.3. The first-order valence-electron chi connectivity index (χ1n) is 12.9. The van der Waals surface area contributed by atoms with Gasteiger partial charge in [-0.1, -0.05) is 92.5 Å². The predicted octanol–water partition coefficient (Wildman–Crippen LogP) is 6.85. The number of rotatable bonds is 8. The molecule has 2 N–H and O–H groups in total. The molecule has 0 aliphatic carbocycles. The van der Waals surface area contributed by atoms with Gasteiger partial charge in [-0.2, -0.15) is 5.10 Å². The summed E-state index contributed by atoms with van der Waals surface area (Å²) in [6.45, 7) is 8.38. The van der Waals surface area contributed by atoms with Crippen LogP contribution in [0.2, 0.25) is 5.02 Å². The molecule has 202 valence electrons. The lowest BCUT2D eigenvalue weighted by atomic mass is 9.92. The lowest BCUT2D eigenvalue weighted by Gasteiger charge is -2.23. The van der Waals surface area contributed by atoms with E-state index in [1.807, 2.05) is 85.8 Å². The van der Waals surface area contributed by atoms with E-state index in [0.717, 1.165) is 16.8 Å². The van der Waals surface area contributed by atoms with E-state index in [9.17, 15) is 9.59 Å². The third-order valence-corrected chi connectivity index (χ3v) is 6.58. The van der Waals surface area contributed by atoms with Crippen molar-refractivity contribution >= 4 is 35.0 Å². The molecule has 0 radical (unpaired) electrons. The van der Waals surface area contributed by atoms with Gasteiger partial charge >= 0.3 is 6.03 Å². The normalized spacial score (nSPS) is 11.2. The lowest BCUT2D eigenvalue weighted by Crippen LogP contribution is -2.42. The summed E-state index contributed by atoms with van der Waals surface area (Å²) in [6.07, 6.45) is 0.612. The summed E-state index contributed by atoms with van der Waals surface area (Å²) in [5, 5.41) is 11.1. The monoisotopic (exact) mass is 543 g/mol. The largest absolute Gasteiger partial charge is 0.322 e. The number of halogens is 1. The first-order chi connectivity index (χ1) is 18.6. The van der Waals surface area contributed by atoms with E-state index in [1.54, 1.807) is 10.7 Å². The van der Waals surface area contributed by atoms with Crippen LogP contribution < -0.4 is 10.6 Å². The highest BCUT2D eigenvalue weighted by Crippen LogP contribution is 2.29. The molecule has 0 bridgehead atoms. The van der Waals surface area contributed by atoms with Crippen molar-refractivity contribution in [3.63, 3.8) is 0 Å². The zero-order valence-corrected chi connectivity index (χ0v) is 23.5. The number of hydrogen-bond acceptors (Lipinski definition) is 3. The molecule has 0 atom stereocenters. The Morgan fingerprint density at radius 2 is 1.59 bits per heavy atom. The molecular weight excluding hydrogens is 510 g/mol. The maximum Gasteiger partial charge on any atom is 0.322 e. The number of hydrogen-bond donors (Lipinski definition) is 2. The number of carbonyl (C=O) groups is 2. The molecule has 1 heterocycles. The fraction of sp³-hybridized carbons (Fsp3) is 0.258. The molecule has 4 rings (SSSR count). The van der Waals surface area contributed by atoms with Gasteiger partial charge in [0, 0.05) is 23.7 Å². The van der Waals surface area contributed by atoms with Gasteiger partial charge in [0.05, 0.1) is 16.4 Å². The average molecular weight is 544 g/mol. The van der Waals surface area contributed by atoms with Crippen molar-refractivity contribution in [1.82, 2.24) is 14.7 Å². The van der Waals surface area contributed by atoms with Gasteiger partial charge in [0.2, 0.25) is 5.91 Å². The average Bonchev–Trinajstić information content (AvgIpc) is 3.32. The molecule has 0 spiro atoms. The Labute approximate surface area is 234 Å². The van der Waals surface area contributed by atoms with Gasteiger partial charge in [-0.15, -0.1) is 0 Å². The number of urea groups is 1. The van der Waals surface area contributed by atoms with Crippen LogP contribution in [-0.2, 0) is 16.6 Å². The SMILES string of the molecule is Cc1ccc(NC(=O)N(CCc2ccccc2)CC(=O)Nc2cc(C(C)(C)C)nn2-c2ccccc2Cl)cc1. The third-order valence-electron chi connectivity index (χ3n) is 6.26. The van der Waals surface area contributed by atoms with Crippen molar-refractivity contribution in [2.24, 2.45) is 0 Å². The topological polar surface area (TPSA) is 79.3 Å². The van der Waals surface area contributed by atoms with Crippen molar-refractivity contribution in [3.8, 4) is 5.69 Å². The lowest BCUT2D eigenvalue weighted by molar-refractivity contribution is -0.116. The minimum absolute atomic E-state index is 0.136. The number of nitrogens with one attached hydrogen (secondary N) is 2. The van der Waals surface area contributed by atoms with Crippen LogP contribution in [0, 0.1) is 6.92 Å². The third kappa shape index (κ3) is 7.48. The molecule has 7 nitrogen and oxygen atoms in total. The van der Waals surface area contributed by atoms with Crippen LogP contribution in [0.1, 0.15) is 37.6 Å². The first-order valence-corrected chi connectivity index (χ1v) is 13.3. The summed E-state index contributed by atoms with van der Waals surface area (Å²) in [7, 11) is 0. The van der Waals surface area contributed by atoms with E-state index in [1.165, 1.54) is 4.90 Å². The van der Waals surface area contributed by atoms with Crippen molar-refractivity contribution in [2.75, 3.05) is 23.7 Å². The minimum Gasteiger partial charge on any atom is -0.315 e. The number of carbonyl (C=O) groups excluding carboxylic acids is 2. The highest BCUT2D eigenvalue weighted by molar-refractivity contribution is 6.32. The molecular formula is C31H34ClN5O2. The highest BCUT2D eigenvalue weighted by Gasteiger charge is 2.24. The number of aryl methyl sites for hydroxylation is 1. The van der Waals surface area contributed by atoms with E-state index >= 15 is 0 Å². The minimum atomic E-state index is -0.347. The fourth-order valence-electron chi connectivity index (χ4n) is 4.00. The highest BCUT2D eigenvalue weighted by atomic mass is 35.5. The van der Waals surface area contributed by atoms with Gasteiger partial charge in [-0.3, -0.25) is 4.79 Å². The van der Waals surface area contributed by atoms with Crippen molar-refractivity contribution < 1.29 is 9.59 Å². The quantitative estimate of drug-likeness (QED) is 0.255. The second-order valence-corrected chi connectivity index (χ2v) is 10.9. The van der Waals surface area contributed by atoms with Crippen LogP contribution >= 0.6 is 11.6 Å². The molecule has 3 amide bonds. The maximum absolute atomic E-state index is 13.4. The zero-order valence-electron chi connectivity index (χ0n) is 22.7. The molecule has 0 saturated carbocycles. The molecule has 0 fully saturated rings. The van der Waals surface area contributed by atoms with E-state index in [0.29, 0.717) is 35.2 Å². The molecule has 4 aromatic rings. The molecule has 0 saturated heterocycles. The molecule has 0 aliphatic rings. The molecule has 0 unspecified atom stereocenters. The van der Waals surface area contributed by atoms with Gasteiger partial charge in [-0.25, -0.2) is 9.48 Å². The maximum atomic E-state index is 13.4. The Morgan fingerprint density at radius 1 is 0.923 bits per heavy atom. The Kier molecular flexibility index (Phi) is 8.72. The standard InChI is InChI=1S/C31H34ClN5O2/c1-22-14-16-24(17-15-22)33-30(39)36(19-18-23-10-6-5-7-11-23)21-29(38)34-28-20-27(31(2,3)4)35-37(28)26-13-9-8-12-25(26)32/h5-17,20H,18-19,21H2,1-4H3,(H,33,39)(H,34,38). The number of aromatic nitrogens is 2. The number of benzene rings is 3. The van der Waals surface area contributed by atoms with Crippen molar-refractivity contribution in [3.05, 3.63) is 107 Å². The van der Waals surface area contributed by atoms with Crippen LogP contribution in [0.15, 0.2) is 84.9 Å².